The Morgan fingerprint density at radius 2 is 1.92 bits per heavy atom. The molecule has 0 amide bonds. The van der Waals surface area contributed by atoms with Crippen LogP contribution in [0.5, 0.6) is 0 Å². The number of anilines is 2. The predicted molar refractivity (Wildman–Crippen MR) is 99.0 cm³/mol. The van der Waals surface area contributed by atoms with Crippen LogP contribution in [0, 0.1) is 11.8 Å². The van der Waals surface area contributed by atoms with E-state index in [9.17, 15) is 0 Å². The van der Waals surface area contributed by atoms with Gasteiger partial charge in [-0.25, -0.2) is 9.97 Å². The fourth-order valence-electron chi connectivity index (χ4n) is 5.12. The molecule has 0 radical (unpaired) electrons. The first-order valence-electron chi connectivity index (χ1n) is 9.41. The second kappa shape index (κ2) is 5.47. The topological polar surface area (TPSA) is 55.7 Å². The third kappa shape index (κ3) is 2.14. The fraction of sp³-hybridized carbons (Fsp3) is 0.667. The van der Waals surface area contributed by atoms with Crippen molar-refractivity contribution in [2.75, 3.05) is 49.3 Å². The molecule has 0 saturated carbocycles. The lowest BCUT2D eigenvalue weighted by Crippen LogP contribution is -2.37. The minimum atomic E-state index is 0.317. The van der Waals surface area contributed by atoms with Crippen molar-refractivity contribution in [2.45, 2.75) is 18.6 Å². The van der Waals surface area contributed by atoms with Gasteiger partial charge in [-0.3, -0.25) is 0 Å². The molecule has 0 unspecified atom stereocenters. The predicted octanol–water partition coefficient (Wildman–Crippen LogP) is 1.68. The van der Waals surface area contributed by atoms with Gasteiger partial charge in [-0.2, -0.15) is 0 Å². The monoisotopic (exact) mass is 375 g/mol. The molecule has 26 heavy (non-hydrogen) atoms. The molecule has 4 aliphatic rings. The van der Waals surface area contributed by atoms with Gasteiger partial charge in [0.1, 0.15) is 10.7 Å². The first kappa shape index (κ1) is 15.5. The smallest absolute Gasteiger partial charge is 0.206 e. The van der Waals surface area contributed by atoms with E-state index in [1.54, 1.807) is 0 Å². The zero-order valence-electron chi connectivity index (χ0n) is 14.8. The van der Waals surface area contributed by atoms with Gasteiger partial charge in [0.15, 0.2) is 5.82 Å². The Kier molecular flexibility index (Phi) is 3.26. The molecule has 6 rings (SSSR count). The highest BCUT2D eigenvalue weighted by Crippen LogP contribution is 2.39. The molecule has 0 aromatic carbocycles. The van der Waals surface area contributed by atoms with Crippen molar-refractivity contribution in [3.8, 4) is 0 Å². The number of hydrogen-bond donors (Lipinski definition) is 0. The Morgan fingerprint density at radius 1 is 1.12 bits per heavy atom. The van der Waals surface area contributed by atoms with Gasteiger partial charge in [-0.15, -0.1) is 0 Å². The summed E-state index contributed by atoms with van der Waals surface area (Å²) < 4.78 is 13.5. The summed E-state index contributed by atoms with van der Waals surface area (Å²) in [5.74, 6) is 3.18. The molecule has 7 nitrogen and oxygen atoms in total. The number of hydrogen-bond acceptors (Lipinski definition) is 6. The Bertz CT molecular complexity index is 874. The summed E-state index contributed by atoms with van der Waals surface area (Å²) in [6.45, 7) is 5.43. The number of aromatic nitrogens is 3. The van der Waals surface area contributed by atoms with E-state index in [4.69, 9.17) is 26.1 Å². The van der Waals surface area contributed by atoms with E-state index in [2.05, 4.69) is 26.4 Å². The number of aryl methyl sites for hydroxylation is 1. The SMILES string of the molecule is Cn1c(N2C[C@H]3COC[C@H]3C2)nc2c(N3C[C@H]4C[C@@H]3CO4)nc(Cl)cc21. The van der Waals surface area contributed by atoms with Gasteiger partial charge in [-0.1, -0.05) is 11.6 Å². The first-order chi connectivity index (χ1) is 12.7. The van der Waals surface area contributed by atoms with Crippen molar-refractivity contribution in [2.24, 2.45) is 18.9 Å². The third-order valence-corrected chi connectivity index (χ3v) is 6.69. The number of ether oxygens (including phenoxy) is 2. The van der Waals surface area contributed by atoms with Gasteiger partial charge in [0.25, 0.3) is 0 Å². The van der Waals surface area contributed by atoms with Crippen LogP contribution in [0.3, 0.4) is 0 Å². The number of imidazole rings is 1. The van der Waals surface area contributed by atoms with Crippen LogP contribution in [0.1, 0.15) is 6.42 Å². The second-order valence-electron chi connectivity index (χ2n) is 8.07. The van der Waals surface area contributed by atoms with Crippen LogP contribution in [0.25, 0.3) is 11.0 Å². The molecule has 0 N–H and O–H groups in total. The van der Waals surface area contributed by atoms with Gasteiger partial charge < -0.3 is 23.8 Å². The van der Waals surface area contributed by atoms with E-state index < -0.39 is 0 Å². The number of nitrogens with zero attached hydrogens (tertiary/aromatic N) is 5. The second-order valence-corrected chi connectivity index (χ2v) is 8.45. The standard InChI is InChI=1S/C18H22ClN5O2/c1-22-14-3-15(19)20-17(24-6-13-2-12(24)9-26-13)16(14)21-18(22)23-4-10-7-25-8-11(10)5-23/h3,10-13H,2,4-9H2,1H3/t10-,11+,12-,13-/m1/s1. The zero-order chi connectivity index (χ0) is 17.4. The highest BCUT2D eigenvalue weighted by atomic mass is 35.5. The molecule has 4 fully saturated rings. The molecule has 4 atom stereocenters. The fourth-order valence-corrected chi connectivity index (χ4v) is 5.30. The summed E-state index contributed by atoms with van der Waals surface area (Å²) in [6, 6.07) is 2.32. The maximum Gasteiger partial charge on any atom is 0.206 e. The van der Waals surface area contributed by atoms with Crippen LogP contribution in [0.15, 0.2) is 6.07 Å². The molecule has 4 aliphatic heterocycles. The highest BCUT2D eigenvalue weighted by Gasteiger charge is 2.42. The lowest BCUT2D eigenvalue weighted by molar-refractivity contribution is 0.0990. The van der Waals surface area contributed by atoms with Crippen molar-refractivity contribution in [1.29, 1.82) is 0 Å². The quantitative estimate of drug-likeness (QED) is 0.744. The molecule has 2 aromatic heterocycles. The highest BCUT2D eigenvalue weighted by molar-refractivity contribution is 6.30. The summed E-state index contributed by atoms with van der Waals surface area (Å²) in [5.41, 5.74) is 2.00. The van der Waals surface area contributed by atoms with Gasteiger partial charge in [-0.05, 0) is 6.42 Å². The number of halogens is 1. The van der Waals surface area contributed by atoms with E-state index >= 15 is 0 Å². The van der Waals surface area contributed by atoms with E-state index in [1.165, 1.54) is 0 Å². The molecule has 4 saturated heterocycles. The van der Waals surface area contributed by atoms with Crippen LogP contribution in [0.2, 0.25) is 5.15 Å². The van der Waals surface area contributed by atoms with Crippen LogP contribution >= 0.6 is 11.6 Å². The van der Waals surface area contributed by atoms with Crippen LogP contribution in [0.4, 0.5) is 11.8 Å². The van der Waals surface area contributed by atoms with E-state index in [1.807, 2.05) is 6.07 Å². The summed E-state index contributed by atoms with van der Waals surface area (Å²) >= 11 is 6.38. The minimum Gasteiger partial charge on any atom is -0.381 e. The van der Waals surface area contributed by atoms with Crippen molar-refractivity contribution in [1.82, 2.24) is 14.5 Å². The molecule has 138 valence electrons. The lowest BCUT2D eigenvalue weighted by Gasteiger charge is -2.28. The van der Waals surface area contributed by atoms with Crippen molar-refractivity contribution in [3.63, 3.8) is 0 Å². The van der Waals surface area contributed by atoms with Crippen molar-refractivity contribution >= 4 is 34.4 Å². The van der Waals surface area contributed by atoms with Crippen LogP contribution in [-0.4, -0.2) is 66.1 Å². The van der Waals surface area contributed by atoms with Gasteiger partial charge in [0.2, 0.25) is 5.95 Å². The van der Waals surface area contributed by atoms with Gasteiger partial charge in [0.05, 0.1) is 37.5 Å². The normalized spacial score (nSPS) is 33.0. The molecule has 2 aromatic rings. The maximum atomic E-state index is 6.38. The van der Waals surface area contributed by atoms with Crippen molar-refractivity contribution < 1.29 is 9.47 Å². The van der Waals surface area contributed by atoms with Gasteiger partial charge in [0, 0.05) is 44.6 Å². The lowest BCUT2D eigenvalue weighted by atomic mass is 10.0. The van der Waals surface area contributed by atoms with Crippen LogP contribution < -0.4 is 9.80 Å². The molecular formula is C18H22ClN5O2. The maximum absolute atomic E-state index is 6.38. The number of pyridine rings is 1. The Hall–Kier alpha value is -1.57. The molecule has 0 aliphatic carbocycles. The van der Waals surface area contributed by atoms with Gasteiger partial charge >= 0.3 is 0 Å². The zero-order valence-corrected chi connectivity index (χ0v) is 15.5. The average molecular weight is 376 g/mol. The Balaban J connectivity index is 1.43. The van der Waals surface area contributed by atoms with E-state index in [-0.39, 0.29) is 0 Å². The largest absolute Gasteiger partial charge is 0.381 e. The molecular weight excluding hydrogens is 354 g/mol. The molecule has 0 spiro atoms. The minimum absolute atomic E-state index is 0.317. The first-order valence-corrected chi connectivity index (χ1v) is 9.79. The number of morpholine rings is 1. The Labute approximate surface area is 156 Å². The summed E-state index contributed by atoms with van der Waals surface area (Å²) in [7, 11) is 2.08. The van der Waals surface area contributed by atoms with E-state index in [0.29, 0.717) is 29.1 Å². The number of rotatable bonds is 2. The van der Waals surface area contributed by atoms with Crippen molar-refractivity contribution in [3.05, 3.63) is 11.2 Å². The summed E-state index contributed by atoms with van der Waals surface area (Å²) in [4.78, 5) is 14.4. The Morgan fingerprint density at radius 3 is 2.62 bits per heavy atom. The summed E-state index contributed by atoms with van der Waals surface area (Å²) in [5, 5.41) is 0.525. The van der Waals surface area contributed by atoms with E-state index in [0.717, 1.165) is 68.7 Å². The van der Waals surface area contributed by atoms with Crippen LogP contribution in [-0.2, 0) is 16.5 Å². The molecule has 6 heterocycles. The third-order valence-electron chi connectivity index (χ3n) is 6.49. The molecule has 2 bridgehead atoms. The molecule has 8 heteroatoms. The summed E-state index contributed by atoms with van der Waals surface area (Å²) in [6.07, 6.45) is 1.39. The average Bonchev–Trinajstić information content (AvgIpc) is 3.40. The number of fused-ring (bicyclic) bond motifs is 4.